The fourth-order valence-corrected chi connectivity index (χ4v) is 2.84. The summed E-state index contributed by atoms with van der Waals surface area (Å²) in [5, 5.41) is 16.3. The van der Waals surface area contributed by atoms with Crippen molar-refractivity contribution in [3.63, 3.8) is 0 Å². The molecule has 0 saturated heterocycles. The van der Waals surface area contributed by atoms with Crippen molar-refractivity contribution in [2.45, 2.75) is 25.8 Å². The van der Waals surface area contributed by atoms with Crippen molar-refractivity contribution < 1.29 is 14.3 Å². The number of allylic oxidation sites excluding steroid dienone is 1. The number of fused-ring (bicyclic) bond motifs is 1. The van der Waals surface area contributed by atoms with Crippen molar-refractivity contribution in [2.75, 3.05) is 11.9 Å². The molecule has 0 bridgehead atoms. The Morgan fingerprint density at radius 1 is 1.46 bits per heavy atom. The lowest BCUT2D eigenvalue weighted by atomic mass is 9.95. The summed E-state index contributed by atoms with van der Waals surface area (Å²) in [5.41, 5.74) is 6.58. The Morgan fingerprint density at radius 3 is 2.88 bits per heavy atom. The number of aromatic nitrogens is 3. The second kappa shape index (κ2) is 6.40. The molecule has 2 heterocycles. The van der Waals surface area contributed by atoms with E-state index in [9.17, 15) is 9.18 Å². The number of nitrogens with two attached hydrogens (primary N) is 1. The highest BCUT2D eigenvalue weighted by Gasteiger charge is 2.34. The first kappa shape index (κ1) is 16.1. The minimum absolute atomic E-state index is 0.0257. The number of amides is 1. The Morgan fingerprint density at radius 2 is 2.21 bits per heavy atom. The third kappa shape index (κ3) is 2.76. The van der Waals surface area contributed by atoms with Crippen LogP contribution < -0.4 is 11.1 Å². The number of aryl methyl sites for hydroxylation is 1. The van der Waals surface area contributed by atoms with Crippen LogP contribution >= 0.6 is 0 Å². The van der Waals surface area contributed by atoms with E-state index in [4.69, 9.17) is 10.8 Å². The third-order valence-corrected chi connectivity index (χ3v) is 3.92. The van der Waals surface area contributed by atoms with Gasteiger partial charge in [-0.15, -0.1) is 0 Å². The zero-order valence-corrected chi connectivity index (χ0v) is 13.2. The first-order chi connectivity index (χ1) is 11.5. The minimum Gasteiger partial charge on any atom is -0.396 e. The summed E-state index contributed by atoms with van der Waals surface area (Å²) in [5.74, 6) is -0.175. The van der Waals surface area contributed by atoms with Gasteiger partial charge in [0.2, 0.25) is 11.9 Å². The minimum atomic E-state index is -0.782. The molecule has 1 aromatic carbocycles. The molecule has 126 valence electrons. The molecule has 0 unspecified atom stereocenters. The summed E-state index contributed by atoms with van der Waals surface area (Å²) < 4.78 is 15.8. The highest BCUT2D eigenvalue weighted by atomic mass is 19.1. The van der Waals surface area contributed by atoms with E-state index in [0.29, 0.717) is 35.9 Å². The molecule has 1 aromatic heterocycles. The van der Waals surface area contributed by atoms with E-state index in [-0.39, 0.29) is 12.2 Å². The van der Waals surface area contributed by atoms with E-state index in [1.165, 1.54) is 10.7 Å². The van der Waals surface area contributed by atoms with Gasteiger partial charge in [-0.1, -0.05) is 18.2 Å². The fraction of sp³-hybridized carbons (Fsp3) is 0.312. The number of aliphatic hydroxyl groups is 1. The van der Waals surface area contributed by atoms with Crippen molar-refractivity contribution in [1.82, 2.24) is 14.8 Å². The van der Waals surface area contributed by atoms with Crippen LogP contribution in [0.15, 0.2) is 35.5 Å². The zero-order valence-electron chi connectivity index (χ0n) is 13.2. The Hall–Kier alpha value is -2.74. The van der Waals surface area contributed by atoms with Crippen molar-refractivity contribution in [2.24, 2.45) is 5.73 Å². The molecule has 3 rings (SSSR count). The molecule has 0 radical (unpaired) electrons. The smallest absolute Gasteiger partial charge is 0.248 e. The molecular formula is C16H18FN5O2. The Kier molecular flexibility index (Phi) is 4.30. The maximum atomic E-state index is 14.4. The van der Waals surface area contributed by atoms with Gasteiger partial charge in [0.15, 0.2) is 5.82 Å². The number of aliphatic hydroxyl groups excluding tert-OH is 1. The molecule has 8 heteroatoms. The summed E-state index contributed by atoms with van der Waals surface area (Å²) in [6, 6.07) is 5.41. The third-order valence-electron chi connectivity index (χ3n) is 3.92. The number of anilines is 1. The average Bonchev–Trinajstić information content (AvgIpc) is 2.94. The van der Waals surface area contributed by atoms with Gasteiger partial charge in [-0.25, -0.2) is 9.07 Å². The number of nitrogens with one attached hydrogen (secondary N) is 1. The zero-order chi connectivity index (χ0) is 17.3. The monoisotopic (exact) mass is 331 g/mol. The molecule has 1 amide bonds. The molecule has 0 aliphatic carbocycles. The Labute approximate surface area is 138 Å². The number of nitrogens with zero attached hydrogens (tertiary/aromatic N) is 3. The van der Waals surface area contributed by atoms with E-state index in [1.54, 1.807) is 25.1 Å². The molecule has 0 saturated carbocycles. The molecule has 0 fully saturated rings. The standard InChI is InChI=1S/C16H18FN5O2/c1-9-13(15(18)24)14(10-5-2-3-6-11(10)17)22-16(19-9)20-12(21-22)7-4-8-23/h2-3,5-6,14,23H,4,7-8H2,1H3,(H2,18,24)(H,19,20,21)/t14-/m0/s1. The second-order valence-electron chi connectivity index (χ2n) is 5.58. The van der Waals surface area contributed by atoms with Gasteiger partial charge in [-0.3, -0.25) is 4.79 Å². The van der Waals surface area contributed by atoms with Crippen molar-refractivity contribution in [3.05, 3.63) is 52.7 Å². The van der Waals surface area contributed by atoms with E-state index in [1.807, 2.05) is 0 Å². The number of benzene rings is 1. The highest BCUT2D eigenvalue weighted by Crippen LogP contribution is 2.35. The lowest BCUT2D eigenvalue weighted by Gasteiger charge is -2.27. The SMILES string of the molecule is CC1=C(C(N)=O)[C@H](c2ccccc2F)n2nc(CCCO)nc2N1. The fourth-order valence-electron chi connectivity index (χ4n) is 2.84. The quantitative estimate of drug-likeness (QED) is 0.761. The first-order valence-corrected chi connectivity index (χ1v) is 7.61. The van der Waals surface area contributed by atoms with Gasteiger partial charge in [-0.05, 0) is 19.4 Å². The summed E-state index contributed by atoms with van der Waals surface area (Å²) in [6.45, 7) is 1.72. The van der Waals surface area contributed by atoms with Gasteiger partial charge in [0.25, 0.3) is 0 Å². The normalized spacial score (nSPS) is 16.7. The maximum Gasteiger partial charge on any atom is 0.248 e. The summed E-state index contributed by atoms with van der Waals surface area (Å²) in [7, 11) is 0. The molecule has 1 aliphatic rings. The van der Waals surface area contributed by atoms with Gasteiger partial charge < -0.3 is 16.2 Å². The predicted octanol–water partition coefficient (Wildman–Crippen LogP) is 1.12. The number of carbonyl (C=O) groups is 1. The Bertz CT molecular complexity index is 815. The summed E-state index contributed by atoms with van der Waals surface area (Å²) in [6.07, 6.45) is 0.996. The highest BCUT2D eigenvalue weighted by molar-refractivity contribution is 5.95. The van der Waals surface area contributed by atoms with Crippen molar-refractivity contribution in [3.8, 4) is 0 Å². The van der Waals surface area contributed by atoms with Gasteiger partial charge >= 0.3 is 0 Å². The summed E-state index contributed by atoms with van der Waals surface area (Å²) >= 11 is 0. The number of primary amides is 1. The van der Waals surface area contributed by atoms with E-state index in [0.717, 1.165) is 0 Å². The molecule has 2 aromatic rings. The van der Waals surface area contributed by atoms with Crippen LogP contribution in [-0.4, -0.2) is 32.4 Å². The second-order valence-corrected chi connectivity index (χ2v) is 5.58. The molecule has 0 spiro atoms. The summed E-state index contributed by atoms with van der Waals surface area (Å²) in [4.78, 5) is 16.3. The van der Waals surface area contributed by atoms with Gasteiger partial charge in [0, 0.05) is 24.3 Å². The maximum absolute atomic E-state index is 14.4. The number of hydrogen-bond donors (Lipinski definition) is 3. The predicted molar refractivity (Wildman–Crippen MR) is 85.5 cm³/mol. The van der Waals surface area contributed by atoms with Crippen LogP contribution in [0.3, 0.4) is 0 Å². The number of rotatable bonds is 5. The van der Waals surface area contributed by atoms with Crippen LogP contribution in [0.5, 0.6) is 0 Å². The van der Waals surface area contributed by atoms with Gasteiger partial charge in [-0.2, -0.15) is 10.1 Å². The van der Waals surface area contributed by atoms with E-state index < -0.39 is 17.8 Å². The topological polar surface area (TPSA) is 106 Å². The van der Waals surface area contributed by atoms with Crippen molar-refractivity contribution >= 4 is 11.9 Å². The van der Waals surface area contributed by atoms with Gasteiger partial charge in [0.05, 0.1) is 5.57 Å². The molecule has 7 nitrogen and oxygen atoms in total. The van der Waals surface area contributed by atoms with E-state index >= 15 is 0 Å². The van der Waals surface area contributed by atoms with E-state index in [2.05, 4.69) is 15.4 Å². The van der Waals surface area contributed by atoms with Gasteiger partial charge in [0.1, 0.15) is 11.9 Å². The molecule has 1 atom stereocenters. The lowest BCUT2D eigenvalue weighted by molar-refractivity contribution is -0.115. The van der Waals surface area contributed by atoms with Crippen LogP contribution in [0, 0.1) is 5.82 Å². The van der Waals surface area contributed by atoms with Crippen LogP contribution in [-0.2, 0) is 11.2 Å². The number of carbonyl (C=O) groups excluding carboxylic acids is 1. The largest absolute Gasteiger partial charge is 0.396 e. The van der Waals surface area contributed by atoms with Crippen LogP contribution in [0.1, 0.15) is 30.8 Å². The molecular weight excluding hydrogens is 313 g/mol. The molecule has 1 aliphatic heterocycles. The lowest BCUT2D eigenvalue weighted by Crippen LogP contribution is -2.32. The van der Waals surface area contributed by atoms with Crippen LogP contribution in [0.4, 0.5) is 10.3 Å². The average molecular weight is 331 g/mol. The number of halogens is 1. The first-order valence-electron chi connectivity index (χ1n) is 7.61. The Balaban J connectivity index is 2.14. The molecule has 4 N–H and O–H groups in total. The van der Waals surface area contributed by atoms with Crippen LogP contribution in [0.2, 0.25) is 0 Å². The van der Waals surface area contributed by atoms with Crippen LogP contribution in [0.25, 0.3) is 0 Å². The molecule has 24 heavy (non-hydrogen) atoms. The number of hydrogen-bond acceptors (Lipinski definition) is 5. The van der Waals surface area contributed by atoms with Crippen molar-refractivity contribution in [1.29, 1.82) is 0 Å².